The zero-order chi connectivity index (χ0) is 19.7. The maximum Gasteiger partial charge on any atom is 0.262 e. The number of piperazine rings is 1. The Bertz CT molecular complexity index is 886. The number of rotatable bonds is 4. The first-order chi connectivity index (χ1) is 13.5. The molecule has 4 rings (SSSR count). The van der Waals surface area contributed by atoms with E-state index in [1.807, 2.05) is 24.3 Å². The molecule has 2 aliphatic rings. The normalized spacial score (nSPS) is 17.2. The summed E-state index contributed by atoms with van der Waals surface area (Å²) in [7, 11) is 0. The van der Waals surface area contributed by atoms with Crippen molar-refractivity contribution >= 4 is 29.3 Å². The van der Waals surface area contributed by atoms with Gasteiger partial charge in [0, 0.05) is 37.7 Å². The third-order valence-electron chi connectivity index (χ3n) is 5.22. The zero-order valence-corrected chi connectivity index (χ0v) is 16.1. The molecule has 0 aromatic heterocycles. The van der Waals surface area contributed by atoms with Gasteiger partial charge in [-0.3, -0.25) is 24.2 Å². The molecule has 2 heterocycles. The molecule has 0 bridgehead atoms. The van der Waals surface area contributed by atoms with Gasteiger partial charge in [-0.15, -0.1) is 0 Å². The van der Waals surface area contributed by atoms with E-state index in [0.717, 1.165) is 24.5 Å². The van der Waals surface area contributed by atoms with Crippen molar-refractivity contribution in [1.82, 2.24) is 14.7 Å². The van der Waals surface area contributed by atoms with Gasteiger partial charge in [-0.2, -0.15) is 0 Å². The lowest BCUT2D eigenvalue weighted by Crippen LogP contribution is -2.51. The summed E-state index contributed by atoms with van der Waals surface area (Å²) in [5.74, 6) is -0.980. The Kier molecular flexibility index (Phi) is 5.15. The van der Waals surface area contributed by atoms with Gasteiger partial charge in [-0.1, -0.05) is 35.9 Å². The summed E-state index contributed by atoms with van der Waals surface area (Å²) < 4.78 is 0. The van der Waals surface area contributed by atoms with E-state index in [0.29, 0.717) is 29.2 Å². The summed E-state index contributed by atoms with van der Waals surface area (Å²) >= 11 is 5.92. The summed E-state index contributed by atoms with van der Waals surface area (Å²) in [6, 6.07) is 14.4. The fourth-order valence-corrected chi connectivity index (χ4v) is 3.75. The van der Waals surface area contributed by atoms with Crippen molar-refractivity contribution in [2.75, 3.05) is 32.7 Å². The van der Waals surface area contributed by atoms with Crippen molar-refractivity contribution in [3.05, 3.63) is 70.2 Å². The van der Waals surface area contributed by atoms with E-state index >= 15 is 0 Å². The topological polar surface area (TPSA) is 60.9 Å². The van der Waals surface area contributed by atoms with Crippen LogP contribution in [0.4, 0.5) is 0 Å². The molecule has 6 nitrogen and oxygen atoms in total. The average Bonchev–Trinajstić information content (AvgIpc) is 2.95. The molecular weight excluding hydrogens is 378 g/mol. The highest BCUT2D eigenvalue weighted by Gasteiger charge is 2.37. The van der Waals surface area contributed by atoms with Crippen molar-refractivity contribution in [3.63, 3.8) is 0 Å². The Hall–Kier alpha value is -2.70. The summed E-state index contributed by atoms with van der Waals surface area (Å²) in [5, 5.41) is 0.715. The summed E-state index contributed by atoms with van der Waals surface area (Å²) in [5.41, 5.74) is 1.91. The van der Waals surface area contributed by atoms with E-state index in [1.54, 1.807) is 29.2 Å². The Morgan fingerprint density at radius 2 is 1.43 bits per heavy atom. The Morgan fingerprint density at radius 1 is 0.857 bits per heavy atom. The van der Waals surface area contributed by atoms with Gasteiger partial charge in [0.05, 0.1) is 11.1 Å². The maximum atomic E-state index is 12.6. The van der Waals surface area contributed by atoms with Gasteiger partial charge < -0.3 is 4.90 Å². The van der Waals surface area contributed by atoms with Crippen molar-refractivity contribution in [3.8, 4) is 0 Å². The van der Waals surface area contributed by atoms with E-state index in [4.69, 9.17) is 11.6 Å². The smallest absolute Gasteiger partial charge is 0.262 e. The molecule has 2 aromatic rings. The number of nitrogens with zero attached hydrogens (tertiary/aromatic N) is 3. The SMILES string of the molecule is O=C(CN1C(=O)c2ccccc2C1=O)N1CCN(Cc2ccc(Cl)cc2)CC1. The third-order valence-corrected chi connectivity index (χ3v) is 5.47. The number of hydrogen-bond acceptors (Lipinski definition) is 4. The molecule has 0 aliphatic carbocycles. The lowest BCUT2D eigenvalue weighted by Gasteiger charge is -2.35. The standard InChI is InChI=1S/C21H20ClN3O3/c22-16-7-5-15(6-8-16)13-23-9-11-24(12-10-23)19(26)14-25-20(27)17-3-1-2-4-18(17)21(25)28/h1-8H,9-14H2. The number of amides is 3. The number of hydrogen-bond donors (Lipinski definition) is 0. The molecule has 0 spiro atoms. The lowest BCUT2D eigenvalue weighted by molar-refractivity contribution is -0.133. The largest absolute Gasteiger partial charge is 0.339 e. The van der Waals surface area contributed by atoms with E-state index in [2.05, 4.69) is 4.90 Å². The van der Waals surface area contributed by atoms with Crippen molar-refractivity contribution < 1.29 is 14.4 Å². The highest BCUT2D eigenvalue weighted by Crippen LogP contribution is 2.22. The average molecular weight is 398 g/mol. The van der Waals surface area contributed by atoms with Crippen LogP contribution in [-0.4, -0.2) is 65.1 Å². The van der Waals surface area contributed by atoms with Crippen molar-refractivity contribution in [2.24, 2.45) is 0 Å². The van der Waals surface area contributed by atoms with Crippen LogP contribution in [0.3, 0.4) is 0 Å². The van der Waals surface area contributed by atoms with Crippen LogP contribution in [0.5, 0.6) is 0 Å². The second-order valence-corrected chi connectivity index (χ2v) is 7.46. The van der Waals surface area contributed by atoms with Gasteiger partial charge in [-0.25, -0.2) is 0 Å². The van der Waals surface area contributed by atoms with Crippen LogP contribution in [0.1, 0.15) is 26.3 Å². The zero-order valence-electron chi connectivity index (χ0n) is 15.3. The van der Waals surface area contributed by atoms with Crippen LogP contribution in [0.15, 0.2) is 48.5 Å². The molecule has 0 atom stereocenters. The van der Waals surface area contributed by atoms with Gasteiger partial charge in [0.25, 0.3) is 11.8 Å². The fraction of sp³-hybridized carbons (Fsp3) is 0.286. The number of fused-ring (bicyclic) bond motifs is 1. The van der Waals surface area contributed by atoms with Crippen LogP contribution in [0, 0.1) is 0 Å². The predicted octanol–water partition coefficient (Wildman–Crippen LogP) is 2.28. The first kappa shape index (κ1) is 18.7. The van der Waals surface area contributed by atoms with Gasteiger partial charge in [0.1, 0.15) is 6.54 Å². The number of carbonyl (C=O) groups excluding carboxylic acids is 3. The monoisotopic (exact) mass is 397 g/mol. The molecule has 144 valence electrons. The number of carbonyl (C=O) groups is 3. The summed E-state index contributed by atoms with van der Waals surface area (Å²) in [6.45, 7) is 3.25. The number of imide groups is 1. The second kappa shape index (κ2) is 7.73. The van der Waals surface area contributed by atoms with Gasteiger partial charge >= 0.3 is 0 Å². The summed E-state index contributed by atoms with van der Waals surface area (Å²) in [6.07, 6.45) is 0. The molecule has 28 heavy (non-hydrogen) atoms. The third kappa shape index (κ3) is 3.66. The summed E-state index contributed by atoms with van der Waals surface area (Å²) in [4.78, 5) is 42.5. The molecule has 3 amide bonds. The molecular formula is C21H20ClN3O3. The highest BCUT2D eigenvalue weighted by atomic mass is 35.5. The lowest BCUT2D eigenvalue weighted by atomic mass is 10.1. The molecule has 7 heteroatoms. The molecule has 0 N–H and O–H groups in total. The fourth-order valence-electron chi connectivity index (χ4n) is 3.62. The molecule has 0 radical (unpaired) electrons. The van der Waals surface area contributed by atoms with Crippen molar-refractivity contribution in [2.45, 2.75) is 6.54 Å². The Balaban J connectivity index is 1.32. The minimum Gasteiger partial charge on any atom is -0.339 e. The van der Waals surface area contributed by atoms with Crippen LogP contribution in [0.25, 0.3) is 0 Å². The van der Waals surface area contributed by atoms with Gasteiger partial charge in [0.15, 0.2) is 0 Å². The second-order valence-electron chi connectivity index (χ2n) is 7.03. The first-order valence-electron chi connectivity index (χ1n) is 9.23. The minimum atomic E-state index is -0.393. The van der Waals surface area contributed by atoms with Crippen LogP contribution < -0.4 is 0 Å². The molecule has 2 aromatic carbocycles. The molecule has 0 saturated carbocycles. The van der Waals surface area contributed by atoms with E-state index in [-0.39, 0.29) is 12.5 Å². The van der Waals surface area contributed by atoms with Crippen LogP contribution >= 0.6 is 11.6 Å². The quantitative estimate of drug-likeness (QED) is 0.743. The minimum absolute atomic E-state index is 0.194. The Labute approximate surface area is 168 Å². The van der Waals surface area contributed by atoms with Crippen LogP contribution in [0.2, 0.25) is 5.02 Å². The van der Waals surface area contributed by atoms with Gasteiger partial charge in [0.2, 0.25) is 5.91 Å². The molecule has 0 unspecified atom stereocenters. The highest BCUT2D eigenvalue weighted by molar-refractivity contribution is 6.30. The van der Waals surface area contributed by atoms with Gasteiger partial charge in [-0.05, 0) is 29.8 Å². The predicted molar refractivity (Wildman–Crippen MR) is 105 cm³/mol. The molecule has 1 fully saturated rings. The van der Waals surface area contributed by atoms with Crippen LogP contribution in [-0.2, 0) is 11.3 Å². The van der Waals surface area contributed by atoms with Crippen molar-refractivity contribution in [1.29, 1.82) is 0 Å². The first-order valence-corrected chi connectivity index (χ1v) is 9.60. The number of halogens is 1. The van der Waals surface area contributed by atoms with E-state index < -0.39 is 11.8 Å². The number of benzene rings is 2. The van der Waals surface area contributed by atoms with E-state index in [9.17, 15) is 14.4 Å². The molecule has 1 saturated heterocycles. The maximum absolute atomic E-state index is 12.6. The Morgan fingerprint density at radius 3 is 2.00 bits per heavy atom. The van der Waals surface area contributed by atoms with E-state index in [1.165, 1.54) is 5.56 Å². The molecule has 2 aliphatic heterocycles.